The highest BCUT2D eigenvalue weighted by molar-refractivity contribution is 7.99. The van der Waals surface area contributed by atoms with E-state index in [1.165, 1.54) is 4.90 Å². The van der Waals surface area contributed by atoms with E-state index in [0.717, 1.165) is 23.3 Å². The second kappa shape index (κ2) is 9.89. The highest BCUT2D eigenvalue weighted by Gasteiger charge is 2.10. The SMILES string of the molecule is Cc1ccc(C(=O)OCC(=O)NCCCSc2ccccc2)cc1C. The van der Waals surface area contributed by atoms with Gasteiger partial charge in [0.25, 0.3) is 5.91 Å². The molecule has 0 heterocycles. The molecule has 2 rings (SSSR count). The Hall–Kier alpha value is -2.27. The van der Waals surface area contributed by atoms with Crippen molar-refractivity contribution in [2.75, 3.05) is 18.9 Å². The number of ether oxygens (including phenoxy) is 1. The summed E-state index contributed by atoms with van der Waals surface area (Å²) >= 11 is 1.75. The first kappa shape index (κ1) is 19.1. The molecule has 0 fully saturated rings. The standard InChI is InChI=1S/C20H23NO3S/c1-15-9-10-17(13-16(15)2)20(23)24-14-19(22)21-11-6-12-25-18-7-4-3-5-8-18/h3-5,7-10,13H,6,11-12,14H2,1-2H3,(H,21,22). The molecule has 0 saturated heterocycles. The number of aryl methyl sites for hydroxylation is 2. The second-order valence-electron chi connectivity index (χ2n) is 5.74. The number of amides is 1. The molecule has 25 heavy (non-hydrogen) atoms. The molecule has 0 aromatic heterocycles. The number of carbonyl (C=O) groups excluding carboxylic acids is 2. The van der Waals surface area contributed by atoms with Gasteiger partial charge >= 0.3 is 5.97 Å². The summed E-state index contributed by atoms with van der Waals surface area (Å²) in [6.45, 7) is 4.23. The summed E-state index contributed by atoms with van der Waals surface area (Å²) in [7, 11) is 0. The third kappa shape index (κ3) is 6.63. The van der Waals surface area contributed by atoms with Crippen molar-refractivity contribution in [2.24, 2.45) is 0 Å². The Morgan fingerprint density at radius 1 is 1.04 bits per heavy atom. The molecule has 0 aliphatic rings. The summed E-state index contributed by atoms with van der Waals surface area (Å²) in [4.78, 5) is 24.9. The van der Waals surface area contributed by atoms with Crippen molar-refractivity contribution in [3.63, 3.8) is 0 Å². The van der Waals surface area contributed by atoms with Gasteiger partial charge in [0.05, 0.1) is 5.56 Å². The van der Waals surface area contributed by atoms with Crippen LogP contribution in [0.1, 0.15) is 27.9 Å². The van der Waals surface area contributed by atoms with Crippen molar-refractivity contribution in [1.29, 1.82) is 0 Å². The minimum atomic E-state index is -0.474. The van der Waals surface area contributed by atoms with Gasteiger partial charge in [-0.3, -0.25) is 4.79 Å². The fraction of sp³-hybridized carbons (Fsp3) is 0.300. The van der Waals surface area contributed by atoms with E-state index >= 15 is 0 Å². The zero-order valence-corrected chi connectivity index (χ0v) is 15.4. The van der Waals surface area contributed by atoms with Crippen molar-refractivity contribution in [3.05, 3.63) is 65.2 Å². The third-order valence-corrected chi connectivity index (χ3v) is 4.83. The van der Waals surface area contributed by atoms with Crippen LogP contribution in [0.25, 0.3) is 0 Å². The van der Waals surface area contributed by atoms with Crippen LogP contribution in [0.15, 0.2) is 53.4 Å². The molecule has 0 atom stereocenters. The van der Waals surface area contributed by atoms with Crippen molar-refractivity contribution in [2.45, 2.75) is 25.2 Å². The molecule has 0 bridgehead atoms. The molecule has 0 saturated carbocycles. The topological polar surface area (TPSA) is 55.4 Å². The Balaban J connectivity index is 1.61. The molecule has 2 aromatic carbocycles. The average molecular weight is 357 g/mol. The zero-order chi connectivity index (χ0) is 18.1. The lowest BCUT2D eigenvalue weighted by molar-refractivity contribution is -0.124. The van der Waals surface area contributed by atoms with E-state index in [0.29, 0.717) is 12.1 Å². The number of benzene rings is 2. The van der Waals surface area contributed by atoms with Crippen LogP contribution in [0.3, 0.4) is 0 Å². The Kier molecular flexibility index (Phi) is 7.54. The fourth-order valence-electron chi connectivity index (χ4n) is 2.14. The van der Waals surface area contributed by atoms with E-state index in [2.05, 4.69) is 17.4 Å². The van der Waals surface area contributed by atoms with E-state index in [-0.39, 0.29) is 12.5 Å². The lowest BCUT2D eigenvalue weighted by Crippen LogP contribution is -2.29. The number of thioether (sulfide) groups is 1. The predicted molar refractivity (Wildman–Crippen MR) is 101 cm³/mol. The Labute approximate surface area is 153 Å². The first-order valence-corrected chi connectivity index (χ1v) is 9.24. The van der Waals surface area contributed by atoms with Gasteiger partial charge in [0.15, 0.2) is 6.61 Å². The normalized spacial score (nSPS) is 10.3. The minimum absolute atomic E-state index is 0.252. The predicted octanol–water partition coefficient (Wildman–Crippen LogP) is 3.76. The van der Waals surface area contributed by atoms with Gasteiger partial charge in [0, 0.05) is 11.4 Å². The first-order chi connectivity index (χ1) is 12.1. The Morgan fingerprint density at radius 2 is 1.80 bits per heavy atom. The number of carbonyl (C=O) groups is 2. The molecule has 0 aliphatic carbocycles. The van der Waals surface area contributed by atoms with Crippen LogP contribution in [0.4, 0.5) is 0 Å². The maximum absolute atomic E-state index is 11.9. The quantitative estimate of drug-likeness (QED) is 0.444. The van der Waals surface area contributed by atoms with Gasteiger partial charge in [-0.25, -0.2) is 4.79 Å². The number of rotatable bonds is 8. The minimum Gasteiger partial charge on any atom is -0.452 e. The summed E-state index contributed by atoms with van der Waals surface area (Å²) in [5.74, 6) is 0.173. The monoisotopic (exact) mass is 357 g/mol. The van der Waals surface area contributed by atoms with E-state index in [9.17, 15) is 9.59 Å². The molecular formula is C20H23NO3S. The zero-order valence-electron chi connectivity index (χ0n) is 14.6. The average Bonchev–Trinajstić information content (AvgIpc) is 2.62. The molecule has 132 valence electrons. The van der Waals surface area contributed by atoms with E-state index < -0.39 is 5.97 Å². The third-order valence-electron chi connectivity index (χ3n) is 3.73. The van der Waals surface area contributed by atoms with Crippen LogP contribution in [0, 0.1) is 13.8 Å². The molecule has 0 aliphatic heterocycles. The second-order valence-corrected chi connectivity index (χ2v) is 6.91. The Bertz CT molecular complexity index is 716. The summed E-state index contributed by atoms with van der Waals surface area (Å²) in [6, 6.07) is 15.5. The molecule has 0 spiro atoms. The van der Waals surface area contributed by atoms with Gasteiger partial charge in [0.2, 0.25) is 0 Å². The molecule has 4 nitrogen and oxygen atoms in total. The lowest BCUT2D eigenvalue weighted by Gasteiger charge is -2.08. The van der Waals surface area contributed by atoms with E-state index in [1.54, 1.807) is 23.9 Å². The van der Waals surface area contributed by atoms with Gasteiger partial charge in [-0.05, 0) is 61.4 Å². The molecule has 5 heteroatoms. The van der Waals surface area contributed by atoms with Crippen molar-refractivity contribution in [1.82, 2.24) is 5.32 Å². The Morgan fingerprint density at radius 3 is 2.52 bits per heavy atom. The highest BCUT2D eigenvalue weighted by atomic mass is 32.2. The number of esters is 1. The van der Waals surface area contributed by atoms with Crippen LogP contribution in [0.2, 0.25) is 0 Å². The molecule has 0 unspecified atom stereocenters. The van der Waals surface area contributed by atoms with Gasteiger partial charge in [-0.1, -0.05) is 24.3 Å². The summed E-state index contributed by atoms with van der Waals surface area (Å²) < 4.78 is 5.05. The molecular weight excluding hydrogens is 334 g/mol. The number of hydrogen-bond donors (Lipinski definition) is 1. The number of nitrogens with one attached hydrogen (secondary N) is 1. The van der Waals surface area contributed by atoms with Crippen molar-refractivity contribution < 1.29 is 14.3 Å². The molecule has 0 radical (unpaired) electrons. The summed E-state index contributed by atoms with van der Waals surface area (Å²) in [5.41, 5.74) is 2.60. The van der Waals surface area contributed by atoms with Gasteiger partial charge in [0.1, 0.15) is 0 Å². The van der Waals surface area contributed by atoms with E-state index in [1.807, 2.05) is 38.1 Å². The number of hydrogen-bond acceptors (Lipinski definition) is 4. The van der Waals surface area contributed by atoms with Crippen LogP contribution >= 0.6 is 11.8 Å². The van der Waals surface area contributed by atoms with Crippen LogP contribution in [0.5, 0.6) is 0 Å². The largest absolute Gasteiger partial charge is 0.452 e. The highest BCUT2D eigenvalue weighted by Crippen LogP contribution is 2.17. The van der Waals surface area contributed by atoms with Gasteiger partial charge in [-0.15, -0.1) is 11.8 Å². The van der Waals surface area contributed by atoms with Crippen LogP contribution in [-0.2, 0) is 9.53 Å². The first-order valence-electron chi connectivity index (χ1n) is 8.25. The molecule has 1 amide bonds. The van der Waals surface area contributed by atoms with Crippen LogP contribution in [-0.4, -0.2) is 30.8 Å². The summed E-state index contributed by atoms with van der Waals surface area (Å²) in [6.07, 6.45) is 0.858. The lowest BCUT2D eigenvalue weighted by atomic mass is 10.1. The maximum atomic E-state index is 11.9. The van der Waals surface area contributed by atoms with Crippen molar-refractivity contribution in [3.8, 4) is 0 Å². The molecule has 2 aromatic rings. The van der Waals surface area contributed by atoms with Crippen LogP contribution < -0.4 is 5.32 Å². The van der Waals surface area contributed by atoms with E-state index in [4.69, 9.17) is 4.74 Å². The fourth-order valence-corrected chi connectivity index (χ4v) is 3.01. The molecule has 1 N–H and O–H groups in total. The maximum Gasteiger partial charge on any atom is 0.338 e. The van der Waals surface area contributed by atoms with Gasteiger partial charge in [-0.2, -0.15) is 0 Å². The van der Waals surface area contributed by atoms with Crippen molar-refractivity contribution >= 4 is 23.6 Å². The summed E-state index contributed by atoms with van der Waals surface area (Å²) in [5, 5.41) is 2.77. The smallest absolute Gasteiger partial charge is 0.338 e. The van der Waals surface area contributed by atoms with Gasteiger partial charge < -0.3 is 10.1 Å².